The SMILES string of the molecule is Cc1cccc(Oc2ccc(CNC(C)C)c(Cl)c2)c1F. The lowest BCUT2D eigenvalue weighted by atomic mass is 10.2. The monoisotopic (exact) mass is 307 g/mol. The van der Waals surface area contributed by atoms with Gasteiger partial charge in [-0.15, -0.1) is 0 Å². The van der Waals surface area contributed by atoms with Gasteiger partial charge in [-0.05, 0) is 36.2 Å². The molecule has 0 saturated heterocycles. The topological polar surface area (TPSA) is 21.3 Å². The number of benzene rings is 2. The minimum Gasteiger partial charge on any atom is -0.454 e. The zero-order valence-electron chi connectivity index (χ0n) is 12.4. The maximum atomic E-state index is 13.9. The second kappa shape index (κ2) is 6.92. The summed E-state index contributed by atoms with van der Waals surface area (Å²) in [5.74, 6) is 0.385. The van der Waals surface area contributed by atoms with E-state index in [1.54, 1.807) is 37.3 Å². The molecule has 2 nitrogen and oxygen atoms in total. The van der Waals surface area contributed by atoms with Gasteiger partial charge in [-0.25, -0.2) is 4.39 Å². The average Bonchev–Trinajstić information content (AvgIpc) is 2.43. The van der Waals surface area contributed by atoms with Gasteiger partial charge in [0.05, 0.1) is 0 Å². The number of hydrogen-bond donors (Lipinski definition) is 1. The van der Waals surface area contributed by atoms with E-state index in [0.29, 0.717) is 28.9 Å². The van der Waals surface area contributed by atoms with Gasteiger partial charge in [0, 0.05) is 17.6 Å². The largest absolute Gasteiger partial charge is 0.454 e. The van der Waals surface area contributed by atoms with Gasteiger partial charge in [0.25, 0.3) is 0 Å². The van der Waals surface area contributed by atoms with Crippen LogP contribution < -0.4 is 10.1 Å². The molecule has 1 N–H and O–H groups in total. The lowest BCUT2D eigenvalue weighted by molar-refractivity contribution is 0.440. The van der Waals surface area contributed by atoms with Crippen molar-refractivity contribution in [3.05, 3.63) is 58.4 Å². The summed E-state index contributed by atoms with van der Waals surface area (Å²) >= 11 is 6.24. The van der Waals surface area contributed by atoms with E-state index in [0.717, 1.165) is 5.56 Å². The number of aryl methyl sites for hydroxylation is 1. The molecular formula is C17H19ClFNO. The van der Waals surface area contributed by atoms with Gasteiger partial charge in [-0.3, -0.25) is 0 Å². The molecule has 0 bridgehead atoms. The number of hydrogen-bond acceptors (Lipinski definition) is 2. The van der Waals surface area contributed by atoms with Crippen molar-refractivity contribution in [1.82, 2.24) is 5.32 Å². The minimum absolute atomic E-state index is 0.208. The summed E-state index contributed by atoms with van der Waals surface area (Å²) in [6.07, 6.45) is 0. The Labute approximate surface area is 129 Å². The summed E-state index contributed by atoms with van der Waals surface area (Å²) in [6.45, 7) is 6.54. The Kier molecular flexibility index (Phi) is 5.21. The van der Waals surface area contributed by atoms with E-state index in [9.17, 15) is 4.39 Å². The Bertz CT molecular complexity index is 628. The van der Waals surface area contributed by atoms with Crippen molar-refractivity contribution >= 4 is 11.6 Å². The van der Waals surface area contributed by atoms with Crippen LogP contribution in [0.1, 0.15) is 25.0 Å². The molecule has 0 atom stereocenters. The van der Waals surface area contributed by atoms with Crippen molar-refractivity contribution in [1.29, 1.82) is 0 Å². The summed E-state index contributed by atoms with van der Waals surface area (Å²) in [5.41, 5.74) is 1.54. The predicted molar refractivity (Wildman–Crippen MR) is 84.6 cm³/mol. The van der Waals surface area contributed by atoms with Crippen molar-refractivity contribution in [2.75, 3.05) is 0 Å². The van der Waals surface area contributed by atoms with Crippen molar-refractivity contribution in [2.24, 2.45) is 0 Å². The fourth-order valence-electron chi connectivity index (χ4n) is 1.88. The van der Waals surface area contributed by atoms with E-state index in [1.807, 2.05) is 6.07 Å². The van der Waals surface area contributed by atoms with Crippen LogP contribution in [0.5, 0.6) is 11.5 Å². The van der Waals surface area contributed by atoms with E-state index >= 15 is 0 Å². The molecule has 0 radical (unpaired) electrons. The van der Waals surface area contributed by atoms with Gasteiger partial charge in [0.1, 0.15) is 5.75 Å². The Morgan fingerprint density at radius 1 is 1.24 bits per heavy atom. The van der Waals surface area contributed by atoms with Gasteiger partial charge >= 0.3 is 0 Å². The first-order valence-corrected chi connectivity index (χ1v) is 7.30. The molecule has 2 aromatic rings. The summed E-state index contributed by atoms with van der Waals surface area (Å²) in [4.78, 5) is 0. The highest BCUT2D eigenvalue weighted by Crippen LogP contribution is 2.29. The first-order chi connectivity index (χ1) is 9.97. The number of nitrogens with one attached hydrogen (secondary N) is 1. The molecule has 0 aromatic heterocycles. The van der Waals surface area contributed by atoms with Gasteiger partial charge in [0.15, 0.2) is 11.6 Å². The van der Waals surface area contributed by atoms with E-state index in [1.165, 1.54) is 0 Å². The van der Waals surface area contributed by atoms with Crippen LogP contribution in [0, 0.1) is 12.7 Å². The van der Waals surface area contributed by atoms with Gasteiger partial charge in [-0.2, -0.15) is 0 Å². The molecule has 112 valence electrons. The molecule has 0 spiro atoms. The molecule has 21 heavy (non-hydrogen) atoms. The predicted octanol–water partition coefficient (Wildman–Crippen LogP) is 5.08. The normalized spacial score (nSPS) is 11.0. The summed E-state index contributed by atoms with van der Waals surface area (Å²) in [6, 6.07) is 10.8. The molecule has 0 aliphatic heterocycles. The van der Waals surface area contributed by atoms with Crippen molar-refractivity contribution in [3.63, 3.8) is 0 Å². The van der Waals surface area contributed by atoms with Crippen LogP contribution in [0.15, 0.2) is 36.4 Å². The molecule has 0 aliphatic carbocycles. The van der Waals surface area contributed by atoms with Crippen molar-refractivity contribution in [2.45, 2.75) is 33.4 Å². The fourth-order valence-corrected chi connectivity index (χ4v) is 2.11. The molecule has 2 aromatic carbocycles. The Morgan fingerprint density at radius 2 is 2.00 bits per heavy atom. The molecule has 0 amide bonds. The highest BCUT2D eigenvalue weighted by Gasteiger charge is 2.09. The zero-order chi connectivity index (χ0) is 15.4. The quantitative estimate of drug-likeness (QED) is 0.832. The van der Waals surface area contributed by atoms with Crippen molar-refractivity contribution in [3.8, 4) is 11.5 Å². The summed E-state index contributed by atoms with van der Waals surface area (Å²) < 4.78 is 19.5. The van der Waals surface area contributed by atoms with Crippen LogP contribution in [-0.4, -0.2) is 6.04 Å². The highest BCUT2D eigenvalue weighted by atomic mass is 35.5. The van der Waals surface area contributed by atoms with E-state index in [2.05, 4.69) is 19.2 Å². The molecule has 0 unspecified atom stereocenters. The van der Waals surface area contributed by atoms with Crippen LogP contribution in [0.3, 0.4) is 0 Å². The van der Waals surface area contributed by atoms with Gasteiger partial charge in [-0.1, -0.05) is 43.6 Å². The molecule has 2 rings (SSSR count). The lowest BCUT2D eigenvalue weighted by Crippen LogP contribution is -2.21. The van der Waals surface area contributed by atoms with Crippen molar-refractivity contribution < 1.29 is 9.13 Å². The van der Waals surface area contributed by atoms with Gasteiger partial charge < -0.3 is 10.1 Å². The lowest BCUT2D eigenvalue weighted by Gasteiger charge is -2.12. The van der Waals surface area contributed by atoms with Crippen LogP contribution >= 0.6 is 11.6 Å². The third kappa shape index (κ3) is 4.19. The van der Waals surface area contributed by atoms with Gasteiger partial charge in [0.2, 0.25) is 0 Å². The van der Waals surface area contributed by atoms with E-state index < -0.39 is 0 Å². The molecule has 0 heterocycles. The Morgan fingerprint density at radius 3 is 2.67 bits per heavy atom. The molecule has 0 saturated carbocycles. The second-order valence-corrected chi connectivity index (χ2v) is 5.69. The van der Waals surface area contributed by atoms with E-state index in [-0.39, 0.29) is 11.6 Å². The zero-order valence-corrected chi connectivity index (χ0v) is 13.2. The second-order valence-electron chi connectivity index (χ2n) is 5.28. The average molecular weight is 308 g/mol. The third-order valence-electron chi connectivity index (χ3n) is 3.11. The van der Waals surface area contributed by atoms with Crippen LogP contribution in [-0.2, 0) is 6.54 Å². The molecular weight excluding hydrogens is 289 g/mol. The van der Waals surface area contributed by atoms with Crippen LogP contribution in [0.2, 0.25) is 5.02 Å². The first kappa shape index (κ1) is 15.8. The van der Waals surface area contributed by atoms with Crippen LogP contribution in [0.25, 0.3) is 0 Å². The number of halogens is 2. The summed E-state index contributed by atoms with van der Waals surface area (Å²) in [5, 5.41) is 3.91. The molecule has 0 aliphatic rings. The Hall–Kier alpha value is -1.58. The maximum Gasteiger partial charge on any atom is 0.168 e. The van der Waals surface area contributed by atoms with Crippen LogP contribution in [0.4, 0.5) is 4.39 Å². The fraction of sp³-hybridized carbons (Fsp3) is 0.294. The standard InChI is InChI=1S/C17H19ClFNO/c1-11(2)20-10-13-7-8-14(9-15(13)18)21-16-6-4-5-12(3)17(16)19/h4-9,11,20H,10H2,1-3H3. The first-order valence-electron chi connectivity index (χ1n) is 6.92. The van der Waals surface area contributed by atoms with E-state index in [4.69, 9.17) is 16.3 Å². The molecule has 0 fully saturated rings. The smallest absolute Gasteiger partial charge is 0.168 e. The number of rotatable bonds is 5. The summed E-state index contributed by atoms with van der Waals surface area (Å²) in [7, 11) is 0. The number of ether oxygens (including phenoxy) is 1. The highest BCUT2D eigenvalue weighted by molar-refractivity contribution is 6.31. The minimum atomic E-state index is -0.348. The maximum absolute atomic E-state index is 13.9. The Balaban J connectivity index is 2.15. The third-order valence-corrected chi connectivity index (χ3v) is 3.46. The molecule has 4 heteroatoms.